The minimum atomic E-state index is -0.462. The van der Waals surface area contributed by atoms with Gasteiger partial charge in [0.15, 0.2) is 0 Å². The van der Waals surface area contributed by atoms with Crippen molar-refractivity contribution in [2.45, 2.75) is 38.8 Å². The van der Waals surface area contributed by atoms with Gasteiger partial charge in [0, 0.05) is 13.1 Å². The topological polar surface area (TPSA) is 75.4 Å². The van der Waals surface area contributed by atoms with Crippen LogP contribution in [0.3, 0.4) is 0 Å². The SMILES string of the molecule is CCCCN(CC(N)=O)C(=O)[C@H]1Cc2ccccc2CN1. The first-order valence-electron chi connectivity index (χ1n) is 7.49. The fourth-order valence-electron chi connectivity index (χ4n) is 2.65. The zero-order chi connectivity index (χ0) is 15.2. The van der Waals surface area contributed by atoms with E-state index < -0.39 is 5.91 Å². The second-order valence-corrected chi connectivity index (χ2v) is 5.49. The number of nitrogens with zero attached hydrogens (tertiary/aromatic N) is 1. The van der Waals surface area contributed by atoms with Crippen LogP contribution in [0.25, 0.3) is 0 Å². The molecule has 1 aliphatic heterocycles. The van der Waals surface area contributed by atoms with E-state index in [0.29, 0.717) is 19.5 Å². The first kappa shape index (κ1) is 15.5. The van der Waals surface area contributed by atoms with E-state index >= 15 is 0 Å². The van der Waals surface area contributed by atoms with Crippen molar-refractivity contribution >= 4 is 11.8 Å². The number of primary amides is 1. The van der Waals surface area contributed by atoms with Gasteiger partial charge in [0.05, 0.1) is 12.6 Å². The molecule has 2 rings (SSSR count). The highest BCUT2D eigenvalue weighted by Crippen LogP contribution is 2.17. The Hall–Kier alpha value is -1.88. The predicted molar refractivity (Wildman–Crippen MR) is 81.5 cm³/mol. The standard InChI is InChI=1S/C16H23N3O2/c1-2-3-8-19(11-15(17)20)16(21)14-9-12-6-4-5-7-13(12)10-18-14/h4-7,14,18H,2-3,8-11H2,1H3,(H2,17,20)/t14-/m1/s1. The number of unbranched alkanes of at least 4 members (excludes halogenated alkanes) is 1. The van der Waals surface area contributed by atoms with Gasteiger partial charge in [-0.3, -0.25) is 9.59 Å². The summed E-state index contributed by atoms with van der Waals surface area (Å²) in [4.78, 5) is 25.4. The van der Waals surface area contributed by atoms with E-state index in [1.165, 1.54) is 11.1 Å². The van der Waals surface area contributed by atoms with E-state index in [-0.39, 0.29) is 18.5 Å². The largest absolute Gasteiger partial charge is 0.368 e. The first-order valence-corrected chi connectivity index (χ1v) is 7.49. The lowest BCUT2D eigenvalue weighted by molar-refractivity contribution is -0.137. The highest BCUT2D eigenvalue weighted by Gasteiger charge is 2.28. The summed E-state index contributed by atoms with van der Waals surface area (Å²) < 4.78 is 0. The monoisotopic (exact) mass is 289 g/mol. The molecule has 0 saturated carbocycles. The molecule has 0 radical (unpaired) electrons. The highest BCUT2D eigenvalue weighted by molar-refractivity contribution is 5.87. The lowest BCUT2D eigenvalue weighted by atomic mass is 9.95. The number of hydrogen-bond acceptors (Lipinski definition) is 3. The van der Waals surface area contributed by atoms with Crippen molar-refractivity contribution in [1.82, 2.24) is 10.2 Å². The van der Waals surface area contributed by atoms with Crippen LogP contribution >= 0.6 is 0 Å². The molecule has 0 unspecified atom stereocenters. The van der Waals surface area contributed by atoms with Crippen LogP contribution in [0, 0.1) is 0 Å². The summed E-state index contributed by atoms with van der Waals surface area (Å²) in [5.74, 6) is -0.493. The summed E-state index contributed by atoms with van der Waals surface area (Å²) in [5.41, 5.74) is 7.69. The molecule has 1 aromatic carbocycles. The summed E-state index contributed by atoms with van der Waals surface area (Å²) in [7, 11) is 0. The number of carbonyl (C=O) groups is 2. The predicted octanol–water partition coefficient (Wildman–Crippen LogP) is 0.815. The van der Waals surface area contributed by atoms with E-state index in [1.54, 1.807) is 4.90 Å². The van der Waals surface area contributed by atoms with E-state index in [2.05, 4.69) is 24.4 Å². The molecule has 1 atom stereocenters. The maximum Gasteiger partial charge on any atom is 0.240 e. The summed E-state index contributed by atoms with van der Waals surface area (Å²) in [6, 6.07) is 7.85. The molecule has 0 saturated heterocycles. The van der Waals surface area contributed by atoms with Crippen molar-refractivity contribution in [2.75, 3.05) is 13.1 Å². The van der Waals surface area contributed by atoms with Gasteiger partial charge in [0.1, 0.15) is 0 Å². The Morgan fingerprint density at radius 3 is 2.71 bits per heavy atom. The van der Waals surface area contributed by atoms with Gasteiger partial charge in [-0.1, -0.05) is 37.6 Å². The quantitative estimate of drug-likeness (QED) is 0.814. The lowest BCUT2D eigenvalue weighted by Gasteiger charge is -2.30. The molecule has 5 nitrogen and oxygen atoms in total. The van der Waals surface area contributed by atoms with Crippen LogP contribution in [0.15, 0.2) is 24.3 Å². The maximum atomic E-state index is 12.6. The van der Waals surface area contributed by atoms with Gasteiger partial charge in [-0.15, -0.1) is 0 Å². The van der Waals surface area contributed by atoms with Crippen molar-refractivity contribution in [3.63, 3.8) is 0 Å². The molecule has 0 fully saturated rings. The molecule has 21 heavy (non-hydrogen) atoms. The Kier molecular flexibility index (Phi) is 5.33. The fraction of sp³-hybridized carbons (Fsp3) is 0.500. The van der Waals surface area contributed by atoms with Gasteiger partial charge in [0.25, 0.3) is 0 Å². The molecule has 0 spiro atoms. The van der Waals surface area contributed by atoms with Gasteiger partial charge in [-0.05, 0) is 24.0 Å². The Morgan fingerprint density at radius 2 is 2.05 bits per heavy atom. The van der Waals surface area contributed by atoms with Gasteiger partial charge in [-0.2, -0.15) is 0 Å². The van der Waals surface area contributed by atoms with Crippen molar-refractivity contribution < 1.29 is 9.59 Å². The van der Waals surface area contributed by atoms with Crippen molar-refractivity contribution in [1.29, 1.82) is 0 Å². The van der Waals surface area contributed by atoms with Gasteiger partial charge < -0.3 is 16.0 Å². The molecule has 1 aromatic rings. The van der Waals surface area contributed by atoms with Crippen LogP contribution in [0.4, 0.5) is 0 Å². The third-order valence-electron chi connectivity index (χ3n) is 3.82. The number of carbonyl (C=O) groups excluding carboxylic acids is 2. The fourth-order valence-corrected chi connectivity index (χ4v) is 2.65. The zero-order valence-electron chi connectivity index (χ0n) is 12.5. The van der Waals surface area contributed by atoms with Gasteiger partial charge >= 0.3 is 0 Å². The average molecular weight is 289 g/mol. The first-order chi connectivity index (χ1) is 10.1. The molecule has 0 aromatic heterocycles. The molecule has 0 bridgehead atoms. The van der Waals surface area contributed by atoms with E-state index in [0.717, 1.165) is 12.8 Å². The van der Waals surface area contributed by atoms with Crippen LogP contribution in [-0.2, 0) is 22.6 Å². The molecule has 1 aliphatic rings. The van der Waals surface area contributed by atoms with E-state index in [1.807, 2.05) is 12.1 Å². The Balaban J connectivity index is 2.05. The number of amides is 2. The second kappa shape index (κ2) is 7.22. The third-order valence-corrected chi connectivity index (χ3v) is 3.82. The lowest BCUT2D eigenvalue weighted by Crippen LogP contribution is -2.51. The van der Waals surface area contributed by atoms with Gasteiger partial charge in [0.2, 0.25) is 11.8 Å². The molecule has 2 amide bonds. The number of rotatable bonds is 6. The van der Waals surface area contributed by atoms with Crippen LogP contribution < -0.4 is 11.1 Å². The smallest absolute Gasteiger partial charge is 0.240 e. The van der Waals surface area contributed by atoms with Crippen LogP contribution in [0.1, 0.15) is 30.9 Å². The maximum absolute atomic E-state index is 12.6. The molecule has 5 heteroatoms. The number of nitrogens with one attached hydrogen (secondary N) is 1. The Bertz CT molecular complexity index is 516. The summed E-state index contributed by atoms with van der Waals surface area (Å²) >= 11 is 0. The molecule has 114 valence electrons. The van der Waals surface area contributed by atoms with Crippen molar-refractivity contribution in [3.8, 4) is 0 Å². The van der Waals surface area contributed by atoms with Crippen molar-refractivity contribution in [3.05, 3.63) is 35.4 Å². The van der Waals surface area contributed by atoms with E-state index in [4.69, 9.17) is 5.73 Å². The molecule has 0 aliphatic carbocycles. The summed E-state index contributed by atoms with van der Waals surface area (Å²) in [6.45, 7) is 3.32. The minimum Gasteiger partial charge on any atom is -0.368 e. The molecular formula is C16H23N3O2. The second-order valence-electron chi connectivity index (χ2n) is 5.49. The number of nitrogens with two attached hydrogens (primary N) is 1. The molecule has 3 N–H and O–H groups in total. The van der Waals surface area contributed by atoms with Crippen molar-refractivity contribution in [2.24, 2.45) is 5.73 Å². The number of hydrogen-bond donors (Lipinski definition) is 2. The molecular weight excluding hydrogens is 266 g/mol. The number of benzene rings is 1. The normalized spacial score (nSPS) is 17.1. The van der Waals surface area contributed by atoms with Crippen LogP contribution in [0.2, 0.25) is 0 Å². The summed E-state index contributed by atoms with van der Waals surface area (Å²) in [6.07, 6.45) is 2.52. The summed E-state index contributed by atoms with van der Waals surface area (Å²) in [5, 5.41) is 3.26. The average Bonchev–Trinajstić information content (AvgIpc) is 2.50. The highest BCUT2D eigenvalue weighted by atomic mass is 16.2. The minimum absolute atomic E-state index is 0.00133. The third kappa shape index (κ3) is 4.04. The molecule has 1 heterocycles. The van der Waals surface area contributed by atoms with Crippen LogP contribution in [0.5, 0.6) is 0 Å². The van der Waals surface area contributed by atoms with Crippen LogP contribution in [-0.4, -0.2) is 35.8 Å². The Morgan fingerprint density at radius 1 is 1.33 bits per heavy atom. The Labute approximate surface area is 125 Å². The zero-order valence-corrected chi connectivity index (χ0v) is 12.5. The van der Waals surface area contributed by atoms with E-state index in [9.17, 15) is 9.59 Å². The van der Waals surface area contributed by atoms with Gasteiger partial charge in [-0.25, -0.2) is 0 Å². The number of fused-ring (bicyclic) bond motifs is 1.